The van der Waals surface area contributed by atoms with Crippen LogP contribution in [-0.4, -0.2) is 27.3 Å². The molecule has 0 atom stereocenters. The van der Waals surface area contributed by atoms with Crippen LogP contribution >= 0.6 is 11.3 Å². The minimum Gasteiger partial charge on any atom is -0.462 e. The van der Waals surface area contributed by atoms with Gasteiger partial charge in [0.25, 0.3) is 5.56 Å². The van der Waals surface area contributed by atoms with Gasteiger partial charge in [-0.1, -0.05) is 5.16 Å². The fourth-order valence-electron chi connectivity index (χ4n) is 2.34. The molecule has 0 spiro atoms. The normalized spacial score (nSPS) is 11.1. The molecule has 7 nitrogen and oxygen atoms in total. The van der Waals surface area contributed by atoms with Crippen molar-refractivity contribution in [3.63, 3.8) is 0 Å². The minimum absolute atomic E-state index is 0.254. The molecule has 3 heterocycles. The standard InChI is InChI=1S/C15H15N3O4S/c1-4-21-15(20)11-6-23-13-12(11)14(19)18(7-16-13)5-10-8(2)17-22-9(10)3/h6-7H,4-5H2,1-3H3. The van der Waals surface area contributed by atoms with Gasteiger partial charge in [0.1, 0.15) is 10.6 Å². The molecule has 0 aliphatic carbocycles. The second-order valence-electron chi connectivity index (χ2n) is 5.03. The van der Waals surface area contributed by atoms with Gasteiger partial charge >= 0.3 is 5.97 Å². The van der Waals surface area contributed by atoms with Crippen LogP contribution in [0.2, 0.25) is 0 Å². The van der Waals surface area contributed by atoms with Crippen molar-refractivity contribution >= 4 is 27.5 Å². The van der Waals surface area contributed by atoms with Gasteiger partial charge in [0, 0.05) is 10.9 Å². The lowest BCUT2D eigenvalue weighted by atomic mass is 10.2. The fourth-order valence-corrected chi connectivity index (χ4v) is 3.20. The average molecular weight is 333 g/mol. The Balaban J connectivity index is 2.10. The largest absolute Gasteiger partial charge is 0.462 e. The third kappa shape index (κ3) is 2.65. The van der Waals surface area contributed by atoms with E-state index in [-0.39, 0.29) is 17.7 Å². The van der Waals surface area contributed by atoms with Crippen molar-refractivity contribution < 1.29 is 14.1 Å². The molecule has 3 rings (SSSR count). The molecule has 0 aromatic carbocycles. The van der Waals surface area contributed by atoms with Gasteiger partial charge in [0.2, 0.25) is 0 Å². The Labute approximate surface area is 135 Å². The maximum atomic E-state index is 12.7. The second-order valence-corrected chi connectivity index (χ2v) is 5.89. The Kier molecular flexibility index (Phi) is 3.99. The average Bonchev–Trinajstić information content (AvgIpc) is 3.09. The van der Waals surface area contributed by atoms with E-state index in [1.54, 1.807) is 19.2 Å². The highest BCUT2D eigenvalue weighted by atomic mass is 32.1. The molecule has 0 aliphatic heterocycles. The summed E-state index contributed by atoms with van der Waals surface area (Å²) in [7, 11) is 0. The van der Waals surface area contributed by atoms with Gasteiger partial charge in [0.05, 0.1) is 36.1 Å². The SMILES string of the molecule is CCOC(=O)c1csc2ncn(Cc3c(C)noc3C)c(=O)c12. The van der Waals surface area contributed by atoms with Crippen LogP contribution in [0.15, 0.2) is 21.0 Å². The molecule has 0 aliphatic rings. The number of carbonyl (C=O) groups excluding carboxylic acids is 1. The molecule has 0 saturated carbocycles. The number of esters is 1. The van der Waals surface area contributed by atoms with Crippen LogP contribution in [0, 0.1) is 13.8 Å². The first kappa shape index (κ1) is 15.4. The lowest BCUT2D eigenvalue weighted by molar-refractivity contribution is 0.0529. The first-order valence-electron chi connectivity index (χ1n) is 7.08. The zero-order valence-electron chi connectivity index (χ0n) is 13.0. The zero-order chi connectivity index (χ0) is 16.6. The van der Waals surface area contributed by atoms with Crippen LogP contribution in [-0.2, 0) is 11.3 Å². The van der Waals surface area contributed by atoms with Crippen LogP contribution in [0.5, 0.6) is 0 Å². The molecule has 0 fully saturated rings. The van der Waals surface area contributed by atoms with Gasteiger partial charge in [-0.05, 0) is 20.8 Å². The highest BCUT2D eigenvalue weighted by Gasteiger charge is 2.19. The van der Waals surface area contributed by atoms with Crippen molar-refractivity contribution in [3.05, 3.63) is 44.6 Å². The van der Waals surface area contributed by atoms with E-state index in [2.05, 4.69) is 10.1 Å². The Morgan fingerprint density at radius 3 is 2.87 bits per heavy atom. The third-order valence-electron chi connectivity index (χ3n) is 3.57. The molecule has 120 valence electrons. The summed E-state index contributed by atoms with van der Waals surface area (Å²) in [5.74, 6) is 0.151. The van der Waals surface area contributed by atoms with Crippen LogP contribution in [0.4, 0.5) is 0 Å². The number of fused-ring (bicyclic) bond motifs is 1. The van der Waals surface area contributed by atoms with E-state index < -0.39 is 5.97 Å². The Hall–Kier alpha value is -2.48. The molecule has 8 heteroatoms. The summed E-state index contributed by atoms with van der Waals surface area (Å²) in [5.41, 5.74) is 1.54. The van der Waals surface area contributed by atoms with E-state index in [4.69, 9.17) is 9.26 Å². The Bertz CT molecular complexity index is 918. The van der Waals surface area contributed by atoms with E-state index in [0.29, 0.717) is 22.5 Å². The number of rotatable bonds is 4. The lowest BCUT2D eigenvalue weighted by Gasteiger charge is -2.05. The van der Waals surface area contributed by atoms with Crippen molar-refractivity contribution in [3.8, 4) is 0 Å². The molecule has 0 radical (unpaired) electrons. The monoisotopic (exact) mass is 333 g/mol. The summed E-state index contributed by atoms with van der Waals surface area (Å²) in [6.07, 6.45) is 1.47. The van der Waals surface area contributed by atoms with Crippen LogP contribution < -0.4 is 5.56 Å². The van der Waals surface area contributed by atoms with Gasteiger partial charge in [-0.15, -0.1) is 11.3 Å². The second kappa shape index (κ2) is 5.96. The first-order chi connectivity index (χ1) is 11.0. The molecule has 0 unspecified atom stereocenters. The summed E-state index contributed by atoms with van der Waals surface area (Å²) >= 11 is 1.25. The van der Waals surface area contributed by atoms with Crippen molar-refractivity contribution in [1.29, 1.82) is 0 Å². The minimum atomic E-state index is -0.507. The lowest BCUT2D eigenvalue weighted by Crippen LogP contribution is -2.22. The van der Waals surface area contributed by atoms with Crippen molar-refractivity contribution in [1.82, 2.24) is 14.7 Å². The van der Waals surface area contributed by atoms with Crippen LogP contribution in [0.25, 0.3) is 10.2 Å². The van der Waals surface area contributed by atoms with Crippen molar-refractivity contribution in [2.75, 3.05) is 6.61 Å². The molecule has 0 amide bonds. The fraction of sp³-hybridized carbons (Fsp3) is 0.333. The van der Waals surface area contributed by atoms with Gasteiger partial charge in [-0.25, -0.2) is 9.78 Å². The summed E-state index contributed by atoms with van der Waals surface area (Å²) in [4.78, 5) is 29.5. The first-order valence-corrected chi connectivity index (χ1v) is 7.96. The van der Waals surface area contributed by atoms with E-state index in [1.165, 1.54) is 22.2 Å². The molecular formula is C15H15N3O4S. The highest BCUT2D eigenvalue weighted by molar-refractivity contribution is 7.17. The number of hydrogen-bond acceptors (Lipinski definition) is 7. The molecule has 23 heavy (non-hydrogen) atoms. The smallest absolute Gasteiger partial charge is 0.339 e. The van der Waals surface area contributed by atoms with Crippen LogP contribution in [0.3, 0.4) is 0 Å². The molecule has 0 N–H and O–H groups in total. The quantitative estimate of drug-likeness (QED) is 0.681. The molecule has 3 aromatic heterocycles. The van der Waals surface area contributed by atoms with Gasteiger partial charge in [-0.3, -0.25) is 9.36 Å². The summed E-state index contributed by atoms with van der Waals surface area (Å²) in [6, 6.07) is 0. The van der Waals surface area contributed by atoms with Crippen molar-refractivity contribution in [2.45, 2.75) is 27.3 Å². The Morgan fingerprint density at radius 1 is 1.43 bits per heavy atom. The van der Waals surface area contributed by atoms with E-state index >= 15 is 0 Å². The number of aromatic nitrogens is 3. The predicted octanol–water partition coefficient (Wildman–Crippen LogP) is 2.29. The highest BCUT2D eigenvalue weighted by Crippen LogP contribution is 2.22. The number of nitrogens with zero attached hydrogens (tertiary/aromatic N) is 3. The summed E-state index contributed by atoms with van der Waals surface area (Å²) in [6.45, 7) is 5.88. The Morgan fingerprint density at radius 2 is 2.22 bits per heavy atom. The van der Waals surface area contributed by atoms with Crippen LogP contribution in [0.1, 0.15) is 34.3 Å². The summed E-state index contributed by atoms with van der Waals surface area (Å²) in [5, 5.41) is 5.78. The number of carbonyl (C=O) groups is 1. The van der Waals surface area contributed by atoms with Gasteiger partial charge in [0.15, 0.2) is 0 Å². The third-order valence-corrected chi connectivity index (χ3v) is 4.45. The number of hydrogen-bond donors (Lipinski definition) is 0. The maximum Gasteiger partial charge on any atom is 0.339 e. The van der Waals surface area contributed by atoms with E-state index in [1.807, 2.05) is 6.92 Å². The van der Waals surface area contributed by atoms with E-state index in [9.17, 15) is 9.59 Å². The summed E-state index contributed by atoms with van der Waals surface area (Å²) < 4.78 is 11.6. The predicted molar refractivity (Wildman–Crippen MR) is 84.9 cm³/mol. The number of ether oxygens (including phenoxy) is 1. The van der Waals surface area contributed by atoms with Crippen molar-refractivity contribution in [2.24, 2.45) is 0 Å². The number of aryl methyl sites for hydroxylation is 2. The number of thiophene rings is 1. The molecule has 3 aromatic rings. The molecular weight excluding hydrogens is 318 g/mol. The molecule has 0 saturated heterocycles. The van der Waals surface area contributed by atoms with Gasteiger partial charge < -0.3 is 9.26 Å². The van der Waals surface area contributed by atoms with Gasteiger partial charge in [-0.2, -0.15) is 0 Å². The zero-order valence-corrected chi connectivity index (χ0v) is 13.8. The topological polar surface area (TPSA) is 87.2 Å². The maximum absolute atomic E-state index is 12.7. The molecule has 0 bridgehead atoms. The van der Waals surface area contributed by atoms with E-state index in [0.717, 1.165) is 11.3 Å².